The molecule has 12 heteroatoms. The van der Waals surface area contributed by atoms with Gasteiger partial charge in [0.15, 0.2) is 0 Å². The van der Waals surface area contributed by atoms with Crippen molar-refractivity contribution < 1.29 is 34.2 Å². The Bertz CT molecular complexity index is 1250. The van der Waals surface area contributed by atoms with E-state index in [9.17, 15) is 34.2 Å². The summed E-state index contributed by atoms with van der Waals surface area (Å²) in [6.45, 7) is 6.96. The molecule has 0 spiro atoms. The molecule has 0 unspecified atom stereocenters. The largest absolute Gasteiger partial charge is 0.508 e. The van der Waals surface area contributed by atoms with Crippen LogP contribution in [0.25, 0.3) is 0 Å². The second-order valence-electron chi connectivity index (χ2n) is 11.7. The van der Waals surface area contributed by atoms with Crippen molar-refractivity contribution in [2.24, 2.45) is 17.6 Å². The van der Waals surface area contributed by atoms with Gasteiger partial charge >= 0.3 is 5.97 Å². The molecule has 0 aliphatic heterocycles. The molecule has 8 N–H and O–H groups in total. The van der Waals surface area contributed by atoms with Gasteiger partial charge in [0, 0.05) is 6.42 Å². The quantitative estimate of drug-likeness (QED) is 0.139. The van der Waals surface area contributed by atoms with E-state index in [1.165, 1.54) is 12.1 Å². The first-order valence-corrected chi connectivity index (χ1v) is 14.7. The maximum absolute atomic E-state index is 13.1. The van der Waals surface area contributed by atoms with E-state index in [-0.39, 0.29) is 43.3 Å². The molecule has 2 rings (SSSR count). The molecule has 240 valence electrons. The van der Waals surface area contributed by atoms with E-state index in [4.69, 9.17) is 5.73 Å². The van der Waals surface area contributed by atoms with E-state index in [0.29, 0.717) is 0 Å². The molecule has 0 bridgehead atoms. The van der Waals surface area contributed by atoms with Gasteiger partial charge in [0.25, 0.3) is 0 Å². The Morgan fingerprint density at radius 2 is 1.23 bits per heavy atom. The Kier molecular flexibility index (Phi) is 14.3. The standard InChI is InChI=1S/C32H45N5O7/c1-19(2)14-25(36-29(40)24(33)16-22-10-12-23(38)13-11-22)30(41)34-18-28(39)35-26(17-21-8-6-5-7-9-21)31(42)37-27(32(43)44)15-20(3)4/h5-13,19-20,24-27,38H,14-18,33H2,1-4H3,(H,34,41)(H,35,39)(H,36,40)(H,37,42)(H,43,44)/t24-,25-,26-,27-/m0/s1. The van der Waals surface area contributed by atoms with E-state index in [1.807, 2.05) is 33.8 Å². The summed E-state index contributed by atoms with van der Waals surface area (Å²) in [7, 11) is 0. The number of carboxylic acid groups (broad SMARTS) is 1. The van der Waals surface area contributed by atoms with Crippen molar-refractivity contribution in [1.82, 2.24) is 21.3 Å². The Labute approximate surface area is 258 Å². The lowest BCUT2D eigenvalue weighted by molar-refractivity contribution is -0.142. The van der Waals surface area contributed by atoms with Gasteiger partial charge in [0.05, 0.1) is 12.6 Å². The normalized spacial score (nSPS) is 13.8. The van der Waals surface area contributed by atoms with Crippen LogP contribution >= 0.6 is 0 Å². The van der Waals surface area contributed by atoms with E-state index in [0.717, 1.165) is 11.1 Å². The number of aromatic hydroxyl groups is 1. The van der Waals surface area contributed by atoms with Crippen LogP contribution in [0.3, 0.4) is 0 Å². The maximum atomic E-state index is 13.1. The van der Waals surface area contributed by atoms with Gasteiger partial charge in [-0.3, -0.25) is 19.2 Å². The van der Waals surface area contributed by atoms with Crippen LogP contribution in [-0.2, 0) is 36.8 Å². The third kappa shape index (κ3) is 12.8. The second-order valence-corrected chi connectivity index (χ2v) is 11.7. The van der Waals surface area contributed by atoms with Gasteiger partial charge in [-0.1, -0.05) is 70.2 Å². The number of nitrogens with one attached hydrogen (secondary N) is 4. The fourth-order valence-corrected chi connectivity index (χ4v) is 4.52. The molecule has 0 saturated carbocycles. The molecule has 0 radical (unpaired) electrons. The van der Waals surface area contributed by atoms with Crippen LogP contribution in [0, 0.1) is 11.8 Å². The molecule has 12 nitrogen and oxygen atoms in total. The lowest BCUT2D eigenvalue weighted by Gasteiger charge is -2.24. The maximum Gasteiger partial charge on any atom is 0.326 e. The van der Waals surface area contributed by atoms with E-state index >= 15 is 0 Å². The summed E-state index contributed by atoms with van der Waals surface area (Å²) in [5.74, 6) is -3.51. The number of nitrogens with two attached hydrogens (primary N) is 1. The topological polar surface area (TPSA) is 200 Å². The monoisotopic (exact) mass is 611 g/mol. The molecular formula is C32H45N5O7. The molecular weight excluding hydrogens is 566 g/mol. The minimum Gasteiger partial charge on any atom is -0.508 e. The number of amides is 4. The van der Waals surface area contributed by atoms with Crippen LogP contribution in [-0.4, -0.2) is 70.5 Å². The Morgan fingerprint density at radius 3 is 1.80 bits per heavy atom. The molecule has 0 saturated heterocycles. The van der Waals surface area contributed by atoms with Crippen molar-refractivity contribution >= 4 is 29.6 Å². The fraction of sp³-hybridized carbons (Fsp3) is 0.469. The van der Waals surface area contributed by atoms with Crippen LogP contribution in [0.2, 0.25) is 0 Å². The number of carbonyl (C=O) groups excluding carboxylic acids is 4. The summed E-state index contributed by atoms with van der Waals surface area (Å²) < 4.78 is 0. The van der Waals surface area contributed by atoms with Gasteiger partial charge < -0.3 is 37.2 Å². The van der Waals surface area contributed by atoms with Crippen LogP contribution in [0.4, 0.5) is 0 Å². The van der Waals surface area contributed by atoms with Crippen LogP contribution < -0.4 is 27.0 Å². The zero-order chi connectivity index (χ0) is 32.8. The molecule has 44 heavy (non-hydrogen) atoms. The van der Waals surface area contributed by atoms with E-state index in [1.54, 1.807) is 36.4 Å². The van der Waals surface area contributed by atoms with Gasteiger partial charge in [0.2, 0.25) is 23.6 Å². The summed E-state index contributed by atoms with van der Waals surface area (Å²) in [6.07, 6.45) is 0.794. The number of carboxylic acids is 1. The molecule has 4 amide bonds. The summed E-state index contributed by atoms with van der Waals surface area (Å²) in [6, 6.07) is 11.1. The molecule has 0 heterocycles. The zero-order valence-electron chi connectivity index (χ0n) is 25.7. The first-order valence-electron chi connectivity index (χ1n) is 14.7. The first-order chi connectivity index (χ1) is 20.7. The number of rotatable bonds is 17. The number of aliphatic carboxylic acids is 1. The molecule has 2 aromatic rings. The highest BCUT2D eigenvalue weighted by atomic mass is 16.4. The van der Waals surface area contributed by atoms with Crippen LogP contribution in [0.1, 0.15) is 51.7 Å². The predicted molar refractivity (Wildman–Crippen MR) is 165 cm³/mol. The van der Waals surface area contributed by atoms with Crippen molar-refractivity contribution in [3.05, 3.63) is 65.7 Å². The number of hydrogen-bond donors (Lipinski definition) is 7. The number of benzene rings is 2. The minimum absolute atomic E-state index is 0.00964. The highest BCUT2D eigenvalue weighted by Gasteiger charge is 2.29. The lowest BCUT2D eigenvalue weighted by Crippen LogP contribution is -2.56. The lowest BCUT2D eigenvalue weighted by atomic mass is 10.0. The number of hydrogen-bond acceptors (Lipinski definition) is 7. The minimum atomic E-state index is -1.18. The van der Waals surface area contributed by atoms with Gasteiger partial charge in [-0.05, 0) is 54.4 Å². The summed E-state index contributed by atoms with van der Waals surface area (Å²) >= 11 is 0. The SMILES string of the molecule is CC(C)C[C@H](NC(=O)[C@H](Cc1ccccc1)NC(=O)CNC(=O)[C@H](CC(C)C)NC(=O)[C@@H](N)Cc1ccc(O)cc1)C(=O)O. The Hall–Kier alpha value is -4.45. The summed E-state index contributed by atoms with van der Waals surface area (Å²) in [4.78, 5) is 63.6. The summed E-state index contributed by atoms with van der Waals surface area (Å²) in [5.41, 5.74) is 7.55. The molecule has 2 aromatic carbocycles. The third-order valence-corrected chi connectivity index (χ3v) is 6.75. The summed E-state index contributed by atoms with van der Waals surface area (Å²) in [5, 5.41) is 29.3. The third-order valence-electron chi connectivity index (χ3n) is 6.75. The average Bonchev–Trinajstić information content (AvgIpc) is 2.95. The van der Waals surface area contributed by atoms with Crippen molar-refractivity contribution in [2.75, 3.05) is 6.54 Å². The van der Waals surface area contributed by atoms with Crippen molar-refractivity contribution in [1.29, 1.82) is 0 Å². The second kappa shape index (κ2) is 17.6. The molecule has 0 aliphatic carbocycles. The number of phenols is 1. The Morgan fingerprint density at radius 1 is 0.682 bits per heavy atom. The average molecular weight is 612 g/mol. The molecule has 4 atom stereocenters. The van der Waals surface area contributed by atoms with Gasteiger partial charge in [-0.2, -0.15) is 0 Å². The van der Waals surface area contributed by atoms with Crippen LogP contribution in [0.5, 0.6) is 5.75 Å². The van der Waals surface area contributed by atoms with Gasteiger partial charge in [-0.15, -0.1) is 0 Å². The molecule has 0 aliphatic rings. The van der Waals surface area contributed by atoms with Crippen molar-refractivity contribution in [3.8, 4) is 5.75 Å². The highest BCUT2D eigenvalue weighted by Crippen LogP contribution is 2.12. The molecule has 0 fully saturated rings. The number of carbonyl (C=O) groups is 5. The highest BCUT2D eigenvalue weighted by molar-refractivity contribution is 5.94. The first kappa shape index (κ1) is 35.7. The fourth-order valence-electron chi connectivity index (χ4n) is 4.52. The van der Waals surface area contributed by atoms with Gasteiger partial charge in [-0.25, -0.2) is 4.79 Å². The van der Waals surface area contributed by atoms with Gasteiger partial charge in [0.1, 0.15) is 23.9 Å². The van der Waals surface area contributed by atoms with Crippen molar-refractivity contribution in [3.63, 3.8) is 0 Å². The van der Waals surface area contributed by atoms with E-state index in [2.05, 4.69) is 21.3 Å². The molecule has 0 aromatic heterocycles. The van der Waals surface area contributed by atoms with Crippen LogP contribution in [0.15, 0.2) is 54.6 Å². The van der Waals surface area contributed by atoms with E-state index < -0.39 is 60.3 Å². The predicted octanol–water partition coefficient (Wildman–Crippen LogP) is 1.25. The Balaban J connectivity index is 2.05. The number of phenolic OH excluding ortho intramolecular Hbond substituents is 1. The smallest absolute Gasteiger partial charge is 0.326 e. The zero-order valence-corrected chi connectivity index (χ0v) is 25.7. The van der Waals surface area contributed by atoms with Crippen molar-refractivity contribution in [2.45, 2.75) is 77.5 Å².